The van der Waals surface area contributed by atoms with Gasteiger partial charge in [0.2, 0.25) is 0 Å². The maximum absolute atomic E-state index is 12.9. The van der Waals surface area contributed by atoms with Crippen LogP contribution in [0.5, 0.6) is 11.5 Å². The van der Waals surface area contributed by atoms with E-state index in [2.05, 4.69) is 12.2 Å². The second-order valence-corrected chi connectivity index (χ2v) is 7.04. The molecule has 2 aromatic carbocycles. The van der Waals surface area contributed by atoms with E-state index in [0.717, 1.165) is 29.2 Å². The summed E-state index contributed by atoms with van der Waals surface area (Å²) >= 11 is 0. The van der Waals surface area contributed by atoms with Gasteiger partial charge in [-0.2, -0.15) is 0 Å². The summed E-state index contributed by atoms with van der Waals surface area (Å²) in [4.78, 5) is 12.9. The topological polar surface area (TPSA) is 65.4 Å². The molecule has 0 saturated heterocycles. The van der Waals surface area contributed by atoms with Crippen molar-refractivity contribution in [2.75, 3.05) is 19.5 Å². The summed E-state index contributed by atoms with van der Waals surface area (Å²) < 4.78 is 12.5. The van der Waals surface area contributed by atoms with E-state index in [1.807, 2.05) is 53.2 Å². The standard InChI is InChI=1S/C22H23N3O3/c1-14-12-18-21(19(26)13-14)22(23-17-6-4-5-7-20(17)28-3)24-25(18)15-8-10-16(27-2)11-9-15/h4-11,14H,12-13H2,1-3H3,(H,23,24)/t14-/m1/s1. The van der Waals surface area contributed by atoms with E-state index < -0.39 is 0 Å². The highest BCUT2D eigenvalue weighted by atomic mass is 16.5. The van der Waals surface area contributed by atoms with Crippen molar-refractivity contribution < 1.29 is 14.3 Å². The zero-order valence-electron chi connectivity index (χ0n) is 16.2. The number of ketones is 1. The summed E-state index contributed by atoms with van der Waals surface area (Å²) in [5.41, 5.74) is 3.27. The molecule has 1 aromatic heterocycles. The highest BCUT2D eigenvalue weighted by Crippen LogP contribution is 2.35. The molecule has 4 rings (SSSR count). The molecule has 0 aliphatic heterocycles. The number of benzene rings is 2. The average molecular weight is 377 g/mol. The first-order valence-electron chi connectivity index (χ1n) is 9.30. The minimum atomic E-state index is 0.117. The first kappa shape index (κ1) is 18.1. The number of carbonyl (C=O) groups is 1. The number of ether oxygens (including phenoxy) is 2. The molecule has 0 radical (unpaired) electrons. The number of hydrogen-bond acceptors (Lipinski definition) is 5. The highest BCUT2D eigenvalue weighted by Gasteiger charge is 2.31. The molecule has 0 saturated carbocycles. The molecule has 0 fully saturated rings. The molecule has 0 spiro atoms. The van der Waals surface area contributed by atoms with E-state index in [0.29, 0.717) is 23.6 Å². The quantitative estimate of drug-likeness (QED) is 0.714. The third kappa shape index (κ3) is 3.22. The van der Waals surface area contributed by atoms with Gasteiger partial charge in [-0.05, 0) is 48.7 Å². The number of carbonyl (C=O) groups excluding carboxylic acids is 1. The Balaban J connectivity index is 1.82. The van der Waals surface area contributed by atoms with Gasteiger partial charge in [-0.1, -0.05) is 19.1 Å². The van der Waals surface area contributed by atoms with Crippen molar-refractivity contribution in [2.45, 2.75) is 19.8 Å². The lowest BCUT2D eigenvalue weighted by Gasteiger charge is -2.19. The maximum atomic E-state index is 12.9. The Morgan fingerprint density at radius 3 is 2.50 bits per heavy atom. The Morgan fingerprint density at radius 2 is 1.79 bits per heavy atom. The van der Waals surface area contributed by atoms with E-state index in [1.165, 1.54) is 0 Å². The third-order valence-electron chi connectivity index (χ3n) is 5.01. The maximum Gasteiger partial charge on any atom is 0.168 e. The van der Waals surface area contributed by atoms with Gasteiger partial charge < -0.3 is 14.8 Å². The second kappa shape index (κ2) is 7.38. The zero-order chi connectivity index (χ0) is 19.7. The van der Waals surface area contributed by atoms with Crippen LogP contribution in [0.25, 0.3) is 5.69 Å². The third-order valence-corrected chi connectivity index (χ3v) is 5.01. The summed E-state index contributed by atoms with van der Waals surface area (Å²) in [6, 6.07) is 15.3. The average Bonchev–Trinajstić information content (AvgIpc) is 3.06. The predicted molar refractivity (Wildman–Crippen MR) is 108 cm³/mol. The van der Waals surface area contributed by atoms with Crippen LogP contribution in [0.3, 0.4) is 0 Å². The van der Waals surface area contributed by atoms with Gasteiger partial charge in [0.15, 0.2) is 11.6 Å². The summed E-state index contributed by atoms with van der Waals surface area (Å²) in [5.74, 6) is 2.44. The molecule has 1 atom stereocenters. The molecule has 1 aliphatic rings. The molecule has 0 amide bonds. The van der Waals surface area contributed by atoms with Crippen LogP contribution < -0.4 is 14.8 Å². The first-order chi connectivity index (χ1) is 13.6. The molecule has 0 unspecified atom stereocenters. The summed E-state index contributed by atoms with van der Waals surface area (Å²) in [6.07, 6.45) is 1.33. The van der Waals surface area contributed by atoms with Crippen LogP contribution in [0.2, 0.25) is 0 Å². The first-order valence-corrected chi connectivity index (χ1v) is 9.30. The van der Waals surface area contributed by atoms with Gasteiger partial charge in [-0.3, -0.25) is 4.79 Å². The van der Waals surface area contributed by atoms with E-state index in [-0.39, 0.29) is 11.7 Å². The van der Waals surface area contributed by atoms with Crippen LogP contribution in [0.1, 0.15) is 29.4 Å². The Morgan fingerprint density at radius 1 is 1.04 bits per heavy atom. The number of nitrogens with one attached hydrogen (secondary N) is 1. The van der Waals surface area contributed by atoms with Crippen LogP contribution in [0.4, 0.5) is 11.5 Å². The molecule has 0 bridgehead atoms. The fourth-order valence-corrected chi connectivity index (χ4v) is 3.66. The molecular formula is C22H23N3O3. The second-order valence-electron chi connectivity index (χ2n) is 7.04. The predicted octanol–water partition coefficient (Wildman–Crippen LogP) is 4.40. The highest BCUT2D eigenvalue weighted by molar-refractivity contribution is 6.03. The molecule has 28 heavy (non-hydrogen) atoms. The molecule has 1 aliphatic carbocycles. The number of Topliss-reactive ketones (excluding diaryl/α,β-unsaturated/α-hetero) is 1. The van der Waals surface area contributed by atoms with Crippen LogP contribution in [-0.4, -0.2) is 29.8 Å². The molecule has 6 nitrogen and oxygen atoms in total. The molecule has 3 aromatic rings. The lowest BCUT2D eigenvalue weighted by Crippen LogP contribution is -2.19. The molecule has 6 heteroatoms. The number of methoxy groups -OCH3 is 2. The number of fused-ring (bicyclic) bond motifs is 1. The Kier molecular flexibility index (Phi) is 4.77. The number of nitrogens with zero attached hydrogens (tertiary/aromatic N) is 2. The van der Waals surface area contributed by atoms with Crippen molar-refractivity contribution in [3.05, 3.63) is 59.8 Å². The van der Waals surface area contributed by atoms with Crippen molar-refractivity contribution in [3.8, 4) is 17.2 Å². The number of aromatic nitrogens is 2. The summed E-state index contributed by atoms with van der Waals surface area (Å²) in [7, 11) is 3.26. The largest absolute Gasteiger partial charge is 0.497 e. The van der Waals surface area contributed by atoms with Crippen LogP contribution in [0, 0.1) is 5.92 Å². The normalized spacial score (nSPS) is 15.8. The fraction of sp³-hybridized carbons (Fsp3) is 0.273. The van der Waals surface area contributed by atoms with Crippen LogP contribution in [0.15, 0.2) is 48.5 Å². The van der Waals surface area contributed by atoms with E-state index >= 15 is 0 Å². The Hall–Kier alpha value is -3.28. The molecule has 1 heterocycles. The number of rotatable bonds is 5. The van der Waals surface area contributed by atoms with Gasteiger partial charge in [0.05, 0.1) is 36.9 Å². The fourth-order valence-electron chi connectivity index (χ4n) is 3.66. The molecule has 144 valence electrons. The Bertz CT molecular complexity index is 1010. The number of para-hydroxylation sites is 2. The smallest absolute Gasteiger partial charge is 0.168 e. The van der Waals surface area contributed by atoms with Crippen molar-refractivity contribution in [1.82, 2.24) is 9.78 Å². The van der Waals surface area contributed by atoms with Crippen LogP contribution in [-0.2, 0) is 6.42 Å². The number of anilines is 2. The van der Waals surface area contributed by atoms with Gasteiger partial charge in [-0.25, -0.2) is 4.68 Å². The van der Waals surface area contributed by atoms with Crippen LogP contribution >= 0.6 is 0 Å². The monoisotopic (exact) mass is 377 g/mol. The number of hydrogen-bond donors (Lipinski definition) is 1. The van der Waals surface area contributed by atoms with Gasteiger partial charge in [0, 0.05) is 6.42 Å². The van der Waals surface area contributed by atoms with Gasteiger partial charge >= 0.3 is 0 Å². The molecular weight excluding hydrogens is 354 g/mol. The van der Waals surface area contributed by atoms with Crippen molar-refractivity contribution in [3.63, 3.8) is 0 Å². The summed E-state index contributed by atoms with van der Waals surface area (Å²) in [6.45, 7) is 2.10. The zero-order valence-corrected chi connectivity index (χ0v) is 16.2. The summed E-state index contributed by atoms with van der Waals surface area (Å²) in [5, 5.41) is 8.07. The lowest BCUT2D eigenvalue weighted by molar-refractivity contribution is 0.0953. The van der Waals surface area contributed by atoms with Gasteiger partial charge in [0.25, 0.3) is 0 Å². The lowest BCUT2D eigenvalue weighted by atomic mass is 9.87. The van der Waals surface area contributed by atoms with Gasteiger partial charge in [-0.15, -0.1) is 5.10 Å². The van der Waals surface area contributed by atoms with E-state index in [1.54, 1.807) is 14.2 Å². The SMILES string of the molecule is COc1ccc(-n2nc(Nc3ccccc3OC)c3c2C[C@@H](C)CC3=O)cc1. The van der Waals surface area contributed by atoms with E-state index in [4.69, 9.17) is 14.6 Å². The minimum Gasteiger partial charge on any atom is -0.497 e. The minimum absolute atomic E-state index is 0.117. The molecule has 1 N–H and O–H groups in total. The van der Waals surface area contributed by atoms with Crippen molar-refractivity contribution >= 4 is 17.3 Å². The van der Waals surface area contributed by atoms with Crippen molar-refractivity contribution in [1.29, 1.82) is 0 Å². The van der Waals surface area contributed by atoms with E-state index in [9.17, 15) is 4.79 Å². The van der Waals surface area contributed by atoms with Crippen molar-refractivity contribution in [2.24, 2.45) is 5.92 Å². The Labute approximate surface area is 164 Å². The van der Waals surface area contributed by atoms with Gasteiger partial charge in [0.1, 0.15) is 11.5 Å².